The van der Waals surface area contributed by atoms with Crippen molar-refractivity contribution in [3.8, 4) is 33.4 Å². The Balaban J connectivity index is 1.25. The highest BCUT2D eigenvalue weighted by Crippen LogP contribution is 2.53. The van der Waals surface area contributed by atoms with Crippen LogP contribution < -0.4 is 4.90 Å². The number of nitrogens with zero attached hydrogens (tertiary/aromatic N) is 1. The molecule has 1 nitrogen and oxygen atoms in total. The van der Waals surface area contributed by atoms with E-state index in [1.54, 1.807) is 0 Å². The van der Waals surface area contributed by atoms with Gasteiger partial charge in [0.25, 0.3) is 0 Å². The van der Waals surface area contributed by atoms with Gasteiger partial charge in [-0.25, -0.2) is 0 Å². The second kappa shape index (κ2) is 11.6. The third-order valence-electron chi connectivity index (χ3n) is 10.9. The molecule has 1 heterocycles. The lowest BCUT2D eigenvalue weighted by Crippen LogP contribution is -2.17. The van der Waals surface area contributed by atoms with Crippen molar-refractivity contribution >= 4 is 59.3 Å². The summed E-state index contributed by atoms with van der Waals surface area (Å²) in [7, 11) is 0. The molecular formula is C49H35NS. The van der Waals surface area contributed by atoms with E-state index in [0.717, 1.165) is 11.4 Å². The fraction of sp³-hybridized carbons (Fsp3) is 0.0612. The average Bonchev–Trinajstić information content (AvgIpc) is 3.67. The van der Waals surface area contributed by atoms with Crippen LogP contribution in [0.4, 0.5) is 17.1 Å². The molecule has 0 radical (unpaired) electrons. The third-order valence-corrected chi connectivity index (χ3v) is 12.1. The van der Waals surface area contributed by atoms with Crippen LogP contribution in [0.3, 0.4) is 0 Å². The second-order valence-electron chi connectivity index (χ2n) is 14.1. The number of benzene rings is 8. The van der Waals surface area contributed by atoms with Crippen LogP contribution in [-0.2, 0) is 5.41 Å². The van der Waals surface area contributed by atoms with Crippen molar-refractivity contribution in [2.24, 2.45) is 0 Å². The molecule has 1 aliphatic carbocycles. The maximum absolute atomic E-state index is 2.49. The lowest BCUT2D eigenvalue weighted by atomic mass is 9.82. The van der Waals surface area contributed by atoms with E-state index in [0.29, 0.717) is 0 Å². The molecule has 0 N–H and O–H groups in total. The molecule has 1 aromatic heterocycles. The monoisotopic (exact) mass is 669 g/mol. The molecule has 0 atom stereocenters. The fourth-order valence-corrected chi connectivity index (χ4v) is 9.55. The lowest BCUT2D eigenvalue weighted by Gasteiger charge is -2.30. The van der Waals surface area contributed by atoms with Gasteiger partial charge in [0.2, 0.25) is 0 Å². The molecule has 0 fully saturated rings. The number of hydrogen-bond donors (Lipinski definition) is 0. The lowest BCUT2D eigenvalue weighted by molar-refractivity contribution is 0.660. The molecular weight excluding hydrogens is 635 g/mol. The van der Waals surface area contributed by atoms with Crippen molar-refractivity contribution < 1.29 is 0 Å². The molecule has 0 amide bonds. The topological polar surface area (TPSA) is 3.24 Å². The first kappa shape index (κ1) is 29.9. The molecule has 0 spiro atoms. The van der Waals surface area contributed by atoms with E-state index < -0.39 is 0 Å². The zero-order chi connectivity index (χ0) is 34.1. The first-order valence-corrected chi connectivity index (χ1v) is 18.5. The van der Waals surface area contributed by atoms with Crippen LogP contribution in [0.15, 0.2) is 176 Å². The minimum atomic E-state index is -0.110. The summed E-state index contributed by atoms with van der Waals surface area (Å²) in [5.41, 5.74) is 13.7. The number of anilines is 3. The number of thiophene rings is 1. The summed E-state index contributed by atoms with van der Waals surface area (Å²) in [6.07, 6.45) is 0. The Morgan fingerprint density at radius 3 is 1.98 bits per heavy atom. The van der Waals surface area contributed by atoms with Crippen molar-refractivity contribution in [2.75, 3.05) is 4.90 Å². The van der Waals surface area contributed by atoms with Crippen LogP contribution in [0.5, 0.6) is 0 Å². The van der Waals surface area contributed by atoms with Gasteiger partial charge in [0, 0.05) is 42.5 Å². The zero-order valence-electron chi connectivity index (χ0n) is 28.6. The SMILES string of the molecule is CC1(C)c2ccccc2-c2ccc(N(c3ccc(-c4ccccc4)cc3)c3ccc4c(sc5ccccc54)c3-c3ccc4ccccc4c3)cc21. The Morgan fingerprint density at radius 2 is 1.12 bits per heavy atom. The molecule has 51 heavy (non-hydrogen) atoms. The van der Waals surface area contributed by atoms with Gasteiger partial charge in [-0.05, 0) is 92.2 Å². The predicted molar refractivity (Wildman–Crippen MR) is 220 cm³/mol. The minimum Gasteiger partial charge on any atom is -0.310 e. The molecule has 0 bridgehead atoms. The Labute approximate surface area is 302 Å². The Morgan fingerprint density at radius 1 is 0.451 bits per heavy atom. The molecule has 0 unspecified atom stereocenters. The van der Waals surface area contributed by atoms with Crippen LogP contribution >= 0.6 is 11.3 Å². The van der Waals surface area contributed by atoms with Gasteiger partial charge in [-0.2, -0.15) is 0 Å². The highest BCUT2D eigenvalue weighted by Gasteiger charge is 2.36. The van der Waals surface area contributed by atoms with Crippen LogP contribution in [-0.4, -0.2) is 0 Å². The maximum atomic E-state index is 2.49. The standard InChI is InChI=1S/C49H35NS/c1-49(2)43-18-10-8-16-39(43)40-27-26-38(31-44(40)49)50(37-24-22-34(23-25-37)32-12-4-3-5-13-32)45-29-28-42-41-17-9-11-19-46(41)51-48(42)47(45)36-21-20-33-14-6-7-15-35(33)30-36/h3-31H,1-2H3. The van der Waals surface area contributed by atoms with Gasteiger partial charge in [-0.1, -0.05) is 147 Å². The molecule has 242 valence electrons. The number of rotatable bonds is 5. The van der Waals surface area contributed by atoms with E-state index in [4.69, 9.17) is 0 Å². The van der Waals surface area contributed by atoms with Gasteiger partial charge >= 0.3 is 0 Å². The van der Waals surface area contributed by atoms with Crippen molar-refractivity contribution in [2.45, 2.75) is 19.3 Å². The van der Waals surface area contributed by atoms with E-state index in [2.05, 4.69) is 195 Å². The largest absolute Gasteiger partial charge is 0.310 e. The van der Waals surface area contributed by atoms with Crippen molar-refractivity contribution in [1.82, 2.24) is 0 Å². The molecule has 0 aliphatic heterocycles. The summed E-state index contributed by atoms with van der Waals surface area (Å²) in [6, 6.07) is 64.9. The van der Waals surface area contributed by atoms with Crippen molar-refractivity contribution in [3.05, 3.63) is 187 Å². The summed E-state index contributed by atoms with van der Waals surface area (Å²) in [5, 5.41) is 5.10. The summed E-state index contributed by atoms with van der Waals surface area (Å²) in [4.78, 5) is 2.49. The van der Waals surface area contributed by atoms with Crippen LogP contribution in [0.2, 0.25) is 0 Å². The fourth-order valence-electron chi connectivity index (χ4n) is 8.28. The van der Waals surface area contributed by atoms with Crippen LogP contribution in [0.1, 0.15) is 25.0 Å². The molecule has 10 rings (SSSR count). The molecule has 0 saturated carbocycles. The highest BCUT2D eigenvalue weighted by molar-refractivity contribution is 7.26. The van der Waals surface area contributed by atoms with Gasteiger partial charge in [-0.15, -0.1) is 11.3 Å². The highest BCUT2D eigenvalue weighted by atomic mass is 32.1. The first-order chi connectivity index (χ1) is 25.0. The van der Waals surface area contributed by atoms with Crippen molar-refractivity contribution in [1.29, 1.82) is 0 Å². The van der Waals surface area contributed by atoms with Gasteiger partial charge in [0.1, 0.15) is 0 Å². The van der Waals surface area contributed by atoms with E-state index in [1.807, 2.05) is 11.3 Å². The number of hydrogen-bond acceptors (Lipinski definition) is 2. The molecule has 2 heteroatoms. The Bertz CT molecular complexity index is 2770. The summed E-state index contributed by atoms with van der Waals surface area (Å²) < 4.78 is 2.62. The molecule has 9 aromatic rings. The summed E-state index contributed by atoms with van der Waals surface area (Å²) in [6.45, 7) is 4.73. The third kappa shape index (κ3) is 4.75. The van der Waals surface area contributed by atoms with Gasteiger partial charge in [0.05, 0.1) is 5.69 Å². The van der Waals surface area contributed by atoms with Crippen molar-refractivity contribution in [3.63, 3.8) is 0 Å². The molecule has 0 saturated heterocycles. The maximum Gasteiger partial charge on any atom is 0.0554 e. The smallest absolute Gasteiger partial charge is 0.0554 e. The van der Waals surface area contributed by atoms with Crippen LogP contribution in [0, 0.1) is 0 Å². The summed E-state index contributed by atoms with van der Waals surface area (Å²) >= 11 is 1.89. The van der Waals surface area contributed by atoms with Crippen LogP contribution in [0.25, 0.3) is 64.3 Å². The first-order valence-electron chi connectivity index (χ1n) is 17.7. The zero-order valence-corrected chi connectivity index (χ0v) is 29.4. The quantitative estimate of drug-likeness (QED) is 0.176. The summed E-state index contributed by atoms with van der Waals surface area (Å²) in [5.74, 6) is 0. The Kier molecular flexibility index (Phi) is 6.78. The number of fused-ring (bicyclic) bond motifs is 7. The second-order valence-corrected chi connectivity index (χ2v) is 15.2. The molecule has 1 aliphatic rings. The predicted octanol–water partition coefficient (Wildman–Crippen LogP) is 14.3. The minimum absolute atomic E-state index is 0.110. The average molecular weight is 670 g/mol. The van der Waals surface area contributed by atoms with Gasteiger partial charge in [-0.3, -0.25) is 0 Å². The normalized spacial score (nSPS) is 13.1. The van der Waals surface area contributed by atoms with E-state index in [9.17, 15) is 0 Å². The van der Waals surface area contributed by atoms with E-state index in [-0.39, 0.29) is 5.41 Å². The van der Waals surface area contributed by atoms with E-state index in [1.165, 1.54) is 81.1 Å². The van der Waals surface area contributed by atoms with Gasteiger partial charge < -0.3 is 4.90 Å². The van der Waals surface area contributed by atoms with Gasteiger partial charge in [0.15, 0.2) is 0 Å². The Hall–Kier alpha value is -5.96. The van der Waals surface area contributed by atoms with E-state index >= 15 is 0 Å². The molecule has 8 aromatic carbocycles.